The topological polar surface area (TPSA) is 53.8 Å². The van der Waals surface area contributed by atoms with Gasteiger partial charge < -0.3 is 14.2 Å². The van der Waals surface area contributed by atoms with Crippen molar-refractivity contribution in [3.63, 3.8) is 0 Å². The molecule has 2 aliphatic rings. The van der Waals surface area contributed by atoms with Crippen LogP contribution in [0.1, 0.15) is 41.8 Å². The molecule has 1 aliphatic heterocycles. The lowest BCUT2D eigenvalue weighted by molar-refractivity contribution is -0.138. The maximum absolute atomic E-state index is 13.0. The highest BCUT2D eigenvalue weighted by atomic mass is 16.3. The summed E-state index contributed by atoms with van der Waals surface area (Å²) in [5, 5.41) is 0.958. The Balaban J connectivity index is 1.49. The number of fused-ring (bicyclic) bond motifs is 1. The smallest absolute Gasteiger partial charge is 0.257 e. The summed E-state index contributed by atoms with van der Waals surface area (Å²) in [6.45, 7) is 4.55. The Morgan fingerprint density at radius 1 is 1.04 bits per heavy atom. The molecular formula is C20H24N2O3. The first-order valence-corrected chi connectivity index (χ1v) is 9.21. The van der Waals surface area contributed by atoms with Crippen molar-refractivity contribution in [2.24, 2.45) is 5.92 Å². The van der Waals surface area contributed by atoms with Crippen molar-refractivity contribution in [1.29, 1.82) is 0 Å². The molecule has 0 unspecified atom stereocenters. The van der Waals surface area contributed by atoms with E-state index in [1.807, 2.05) is 41.0 Å². The van der Waals surface area contributed by atoms with Gasteiger partial charge in [0, 0.05) is 37.5 Å². The minimum absolute atomic E-state index is 0.00195. The van der Waals surface area contributed by atoms with Gasteiger partial charge in [-0.25, -0.2) is 0 Å². The van der Waals surface area contributed by atoms with E-state index >= 15 is 0 Å². The van der Waals surface area contributed by atoms with E-state index < -0.39 is 0 Å². The summed E-state index contributed by atoms with van der Waals surface area (Å²) in [5.41, 5.74) is 1.28. The van der Waals surface area contributed by atoms with Crippen molar-refractivity contribution in [3.05, 3.63) is 35.6 Å². The molecule has 5 heteroatoms. The number of rotatable bonds is 2. The number of hydrogen-bond acceptors (Lipinski definition) is 3. The number of amides is 2. The molecule has 2 fully saturated rings. The summed E-state index contributed by atoms with van der Waals surface area (Å²) in [6, 6.07) is 7.64. The Hall–Kier alpha value is -2.30. The van der Waals surface area contributed by atoms with Gasteiger partial charge >= 0.3 is 0 Å². The fraction of sp³-hybridized carbons (Fsp3) is 0.500. The zero-order chi connectivity index (χ0) is 17.4. The van der Waals surface area contributed by atoms with E-state index in [4.69, 9.17) is 4.42 Å². The van der Waals surface area contributed by atoms with Crippen molar-refractivity contribution in [2.75, 3.05) is 26.2 Å². The van der Waals surface area contributed by atoms with Crippen molar-refractivity contribution in [1.82, 2.24) is 9.80 Å². The molecule has 2 amide bonds. The molecule has 1 aromatic heterocycles. The Morgan fingerprint density at radius 2 is 1.80 bits per heavy atom. The molecule has 132 valence electrons. The molecule has 4 rings (SSSR count). The first-order valence-electron chi connectivity index (χ1n) is 9.21. The molecule has 0 bridgehead atoms. The number of carbonyl (C=O) groups is 2. The van der Waals surface area contributed by atoms with Gasteiger partial charge in [0.25, 0.3) is 5.91 Å². The van der Waals surface area contributed by atoms with Gasteiger partial charge in [-0.2, -0.15) is 0 Å². The van der Waals surface area contributed by atoms with Crippen LogP contribution >= 0.6 is 0 Å². The van der Waals surface area contributed by atoms with Crippen molar-refractivity contribution in [3.8, 4) is 0 Å². The van der Waals surface area contributed by atoms with Crippen LogP contribution in [-0.4, -0.2) is 47.8 Å². The van der Waals surface area contributed by atoms with Gasteiger partial charge in [-0.05, 0) is 38.3 Å². The van der Waals surface area contributed by atoms with Crippen LogP contribution in [0.25, 0.3) is 11.0 Å². The summed E-state index contributed by atoms with van der Waals surface area (Å²) < 4.78 is 5.74. The monoisotopic (exact) mass is 340 g/mol. The number of benzene rings is 1. The minimum Gasteiger partial charge on any atom is -0.461 e. The molecule has 25 heavy (non-hydrogen) atoms. The Labute approximate surface area is 147 Å². The highest BCUT2D eigenvalue weighted by molar-refractivity contribution is 6.05. The Kier molecular flexibility index (Phi) is 4.24. The summed E-state index contributed by atoms with van der Waals surface area (Å²) >= 11 is 0. The second kappa shape index (κ2) is 6.54. The average Bonchev–Trinajstić information content (AvgIpc) is 2.78. The molecule has 1 saturated heterocycles. The van der Waals surface area contributed by atoms with Gasteiger partial charge in [0.15, 0.2) is 0 Å². The van der Waals surface area contributed by atoms with Gasteiger partial charge in [0.1, 0.15) is 11.3 Å². The van der Waals surface area contributed by atoms with E-state index in [1.54, 1.807) is 0 Å². The third kappa shape index (κ3) is 3.03. The normalized spacial score (nSPS) is 18.9. The summed E-state index contributed by atoms with van der Waals surface area (Å²) in [7, 11) is 0. The SMILES string of the molecule is Cc1cc2cccc(C(=O)N3CCCN(C(=O)C4CCC4)CC3)c2o1. The largest absolute Gasteiger partial charge is 0.461 e. The molecule has 5 nitrogen and oxygen atoms in total. The van der Waals surface area contributed by atoms with Crippen LogP contribution in [0.3, 0.4) is 0 Å². The Morgan fingerprint density at radius 3 is 2.56 bits per heavy atom. The minimum atomic E-state index is -0.00195. The maximum Gasteiger partial charge on any atom is 0.257 e. The molecule has 0 atom stereocenters. The average molecular weight is 340 g/mol. The molecule has 0 N–H and O–H groups in total. The number of para-hydroxylation sites is 1. The predicted molar refractivity (Wildman–Crippen MR) is 95.4 cm³/mol. The fourth-order valence-corrected chi connectivity index (χ4v) is 3.78. The second-order valence-electron chi connectivity index (χ2n) is 7.18. The number of nitrogens with zero attached hydrogens (tertiary/aromatic N) is 2. The quantitative estimate of drug-likeness (QED) is 0.843. The molecule has 2 heterocycles. The van der Waals surface area contributed by atoms with Gasteiger partial charge in [0.2, 0.25) is 5.91 Å². The molecule has 1 aliphatic carbocycles. The van der Waals surface area contributed by atoms with Crippen molar-refractivity contribution >= 4 is 22.8 Å². The van der Waals surface area contributed by atoms with E-state index in [9.17, 15) is 9.59 Å². The highest BCUT2D eigenvalue weighted by Gasteiger charge is 2.31. The van der Waals surface area contributed by atoms with Gasteiger partial charge in [-0.3, -0.25) is 9.59 Å². The zero-order valence-corrected chi connectivity index (χ0v) is 14.7. The fourth-order valence-electron chi connectivity index (χ4n) is 3.78. The standard InChI is InChI=1S/C20H24N2O3/c1-14-13-16-7-3-8-17(18(16)25-14)20(24)22-10-4-9-21(11-12-22)19(23)15-5-2-6-15/h3,7-8,13,15H,2,4-6,9-12H2,1H3. The predicted octanol–water partition coefficient (Wildman–Crippen LogP) is 3.22. The highest BCUT2D eigenvalue weighted by Crippen LogP contribution is 2.29. The van der Waals surface area contributed by atoms with Crippen molar-refractivity contribution < 1.29 is 14.0 Å². The first kappa shape index (κ1) is 16.2. The lowest BCUT2D eigenvalue weighted by atomic mass is 9.84. The Bertz CT molecular complexity index is 806. The number of furan rings is 1. The summed E-state index contributed by atoms with van der Waals surface area (Å²) in [6.07, 6.45) is 4.05. The van der Waals surface area contributed by atoms with E-state index in [2.05, 4.69) is 0 Å². The number of hydrogen-bond donors (Lipinski definition) is 0. The molecule has 1 aromatic carbocycles. The lowest BCUT2D eigenvalue weighted by Crippen LogP contribution is -2.41. The van der Waals surface area contributed by atoms with Crippen LogP contribution in [0.15, 0.2) is 28.7 Å². The third-order valence-electron chi connectivity index (χ3n) is 5.45. The maximum atomic E-state index is 13.0. The zero-order valence-electron chi connectivity index (χ0n) is 14.7. The van der Waals surface area contributed by atoms with Crippen LogP contribution in [-0.2, 0) is 4.79 Å². The van der Waals surface area contributed by atoms with Crippen LogP contribution in [0.5, 0.6) is 0 Å². The van der Waals surface area contributed by atoms with E-state index in [-0.39, 0.29) is 17.7 Å². The summed E-state index contributed by atoms with van der Waals surface area (Å²) in [5.74, 6) is 1.31. The van der Waals surface area contributed by atoms with E-state index in [1.165, 1.54) is 6.42 Å². The van der Waals surface area contributed by atoms with Gasteiger partial charge in [0.05, 0.1) is 5.56 Å². The molecule has 0 spiro atoms. The lowest BCUT2D eigenvalue weighted by Gasteiger charge is -2.31. The van der Waals surface area contributed by atoms with Gasteiger partial charge in [-0.15, -0.1) is 0 Å². The van der Waals surface area contributed by atoms with E-state index in [0.29, 0.717) is 30.8 Å². The summed E-state index contributed by atoms with van der Waals surface area (Å²) in [4.78, 5) is 29.3. The van der Waals surface area contributed by atoms with Crippen LogP contribution in [0.4, 0.5) is 0 Å². The van der Waals surface area contributed by atoms with Crippen LogP contribution in [0, 0.1) is 12.8 Å². The number of carbonyl (C=O) groups excluding carboxylic acids is 2. The molecule has 0 radical (unpaired) electrons. The second-order valence-corrected chi connectivity index (χ2v) is 7.18. The van der Waals surface area contributed by atoms with Gasteiger partial charge in [-0.1, -0.05) is 18.6 Å². The first-order chi connectivity index (χ1) is 12.1. The van der Waals surface area contributed by atoms with Crippen molar-refractivity contribution in [2.45, 2.75) is 32.6 Å². The number of aryl methyl sites for hydroxylation is 1. The van der Waals surface area contributed by atoms with Crippen LogP contribution < -0.4 is 0 Å². The third-order valence-corrected chi connectivity index (χ3v) is 5.45. The van der Waals surface area contributed by atoms with Crippen LogP contribution in [0.2, 0.25) is 0 Å². The molecular weight excluding hydrogens is 316 g/mol. The molecule has 1 saturated carbocycles. The molecule has 2 aromatic rings. The van der Waals surface area contributed by atoms with E-state index in [0.717, 1.165) is 37.0 Å².